The smallest absolute Gasteiger partial charge is 0.240 e. The average molecular weight is 325 g/mol. The average Bonchev–Trinajstić information content (AvgIpc) is 2.62. The summed E-state index contributed by atoms with van der Waals surface area (Å²) in [6.45, 7) is 5.67. The maximum absolute atomic E-state index is 12.7. The Morgan fingerprint density at radius 3 is 2.52 bits per heavy atom. The first-order chi connectivity index (χ1) is 9.68. The first kappa shape index (κ1) is 15.9. The van der Waals surface area contributed by atoms with Crippen LogP contribution in [0.4, 0.5) is 5.69 Å². The standard InChI is InChI=1S/C15H17ClN2O2S/c1-8(2)15(3)7-12(19)18(14(15)20)11-6-9(13(17)21)4-5-10(11)16/h4-6,8H,7H2,1-3H3,(H2,17,21). The van der Waals surface area contributed by atoms with E-state index in [9.17, 15) is 9.59 Å². The Labute approximate surface area is 134 Å². The molecule has 6 heteroatoms. The molecule has 0 radical (unpaired) electrons. The number of nitrogens with two attached hydrogens (primary N) is 1. The number of thiocarbonyl (C=S) groups is 1. The van der Waals surface area contributed by atoms with Gasteiger partial charge in [-0.1, -0.05) is 43.7 Å². The number of imide groups is 1. The quantitative estimate of drug-likeness (QED) is 0.686. The van der Waals surface area contributed by atoms with Gasteiger partial charge in [-0.2, -0.15) is 0 Å². The van der Waals surface area contributed by atoms with Crippen LogP contribution in [0.1, 0.15) is 32.8 Å². The van der Waals surface area contributed by atoms with Crippen molar-refractivity contribution in [3.8, 4) is 0 Å². The first-order valence-electron chi connectivity index (χ1n) is 6.65. The molecule has 4 nitrogen and oxygen atoms in total. The monoisotopic (exact) mass is 324 g/mol. The van der Waals surface area contributed by atoms with Crippen molar-refractivity contribution in [3.63, 3.8) is 0 Å². The highest BCUT2D eigenvalue weighted by Gasteiger charge is 2.51. The highest BCUT2D eigenvalue weighted by molar-refractivity contribution is 7.80. The van der Waals surface area contributed by atoms with Crippen molar-refractivity contribution < 1.29 is 9.59 Å². The lowest BCUT2D eigenvalue weighted by molar-refractivity contribution is -0.126. The molecule has 0 bridgehead atoms. The van der Waals surface area contributed by atoms with Crippen molar-refractivity contribution in [2.45, 2.75) is 27.2 Å². The lowest BCUT2D eigenvalue weighted by Crippen LogP contribution is -2.37. The third kappa shape index (κ3) is 2.56. The van der Waals surface area contributed by atoms with E-state index in [0.29, 0.717) is 16.3 Å². The Hall–Kier alpha value is -1.46. The molecule has 1 saturated heterocycles. The van der Waals surface area contributed by atoms with Crippen LogP contribution in [-0.4, -0.2) is 16.8 Å². The Balaban J connectivity index is 2.52. The summed E-state index contributed by atoms with van der Waals surface area (Å²) in [5.74, 6) is -0.431. The number of halogens is 1. The summed E-state index contributed by atoms with van der Waals surface area (Å²) in [5, 5.41) is 0.324. The van der Waals surface area contributed by atoms with Crippen LogP contribution in [-0.2, 0) is 9.59 Å². The van der Waals surface area contributed by atoms with Gasteiger partial charge in [0.05, 0.1) is 16.1 Å². The number of anilines is 1. The van der Waals surface area contributed by atoms with E-state index in [2.05, 4.69) is 0 Å². The third-order valence-corrected chi connectivity index (χ3v) is 4.76. The molecule has 2 rings (SSSR count). The SMILES string of the molecule is CC(C)C1(C)CC(=O)N(c2cc(C(N)=S)ccc2Cl)C1=O. The van der Waals surface area contributed by atoms with E-state index in [4.69, 9.17) is 29.6 Å². The van der Waals surface area contributed by atoms with Gasteiger partial charge in [-0.3, -0.25) is 9.59 Å². The fourth-order valence-corrected chi connectivity index (χ4v) is 2.70. The number of nitrogens with zero attached hydrogens (tertiary/aromatic N) is 1. The molecule has 0 aliphatic carbocycles. The highest BCUT2D eigenvalue weighted by Crippen LogP contribution is 2.43. The number of benzene rings is 1. The summed E-state index contributed by atoms with van der Waals surface area (Å²) in [6, 6.07) is 4.85. The Bertz CT molecular complexity index is 645. The van der Waals surface area contributed by atoms with E-state index >= 15 is 0 Å². The van der Waals surface area contributed by atoms with Crippen molar-refractivity contribution in [2.75, 3.05) is 4.90 Å². The van der Waals surface area contributed by atoms with Gasteiger partial charge in [0, 0.05) is 12.0 Å². The third-order valence-electron chi connectivity index (χ3n) is 4.21. The maximum atomic E-state index is 12.7. The van der Waals surface area contributed by atoms with Crippen molar-refractivity contribution in [1.82, 2.24) is 0 Å². The maximum Gasteiger partial charge on any atom is 0.240 e. The molecule has 2 N–H and O–H groups in total. The molecule has 0 aromatic heterocycles. The predicted molar refractivity (Wildman–Crippen MR) is 87.4 cm³/mol. The molecule has 2 amide bonds. The second kappa shape index (κ2) is 5.39. The van der Waals surface area contributed by atoms with Gasteiger partial charge in [0.25, 0.3) is 0 Å². The van der Waals surface area contributed by atoms with E-state index in [1.54, 1.807) is 18.2 Å². The molecular weight excluding hydrogens is 308 g/mol. The van der Waals surface area contributed by atoms with Crippen LogP contribution in [0, 0.1) is 11.3 Å². The van der Waals surface area contributed by atoms with Gasteiger partial charge >= 0.3 is 0 Å². The van der Waals surface area contributed by atoms with Crippen molar-refractivity contribution in [2.24, 2.45) is 17.1 Å². The molecule has 1 heterocycles. The van der Waals surface area contributed by atoms with E-state index in [1.165, 1.54) is 0 Å². The second-order valence-corrected chi connectivity index (χ2v) is 6.66. The number of hydrogen-bond donors (Lipinski definition) is 1. The van der Waals surface area contributed by atoms with Gasteiger partial charge in [0.1, 0.15) is 4.99 Å². The van der Waals surface area contributed by atoms with Gasteiger partial charge in [0.2, 0.25) is 11.8 Å². The van der Waals surface area contributed by atoms with Crippen LogP contribution in [0.3, 0.4) is 0 Å². The summed E-state index contributed by atoms with van der Waals surface area (Å²) in [5.41, 5.74) is 5.81. The number of carbonyl (C=O) groups excluding carboxylic acids is 2. The molecule has 1 fully saturated rings. The molecule has 0 spiro atoms. The van der Waals surface area contributed by atoms with Crippen molar-refractivity contribution in [3.05, 3.63) is 28.8 Å². The molecule has 21 heavy (non-hydrogen) atoms. The van der Waals surface area contributed by atoms with Crippen LogP contribution in [0.5, 0.6) is 0 Å². The van der Waals surface area contributed by atoms with Crippen LogP contribution in [0.2, 0.25) is 5.02 Å². The van der Waals surface area contributed by atoms with Crippen LogP contribution in [0.25, 0.3) is 0 Å². The zero-order chi connectivity index (χ0) is 15.9. The largest absolute Gasteiger partial charge is 0.389 e. The Morgan fingerprint density at radius 1 is 1.43 bits per heavy atom. The number of amides is 2. The molecule has 0 saturated carbocycles. The minimum atomic E-state index is -0.709. The molecule has 1 aliphatic rings. The summed E-state index contributed by atoms with van der Waals surface area (Å²) in [7, 11) is 0. The van der Waals surface area contributed by atoms with Crippen molar-refractivity contribution >= 4 is 46.3 Å². The van der Waals surface area contributed by atoms with Crippen LogP contribution >= 0.6 is 23.8 Å². The minimum Gasteiger partial charge on any atom is -0.389 e. The fourth-order valence-electron chi connectivity index (χ4n) is 2.37. The second-order valence-electron chi connectivity index (χ2n) is 5.81. The highest BCUT2D eigenvalue weighted by atomic mass is 35.5. The van der Waals surface area contributed by atoms with E-state index in [0.717, 1.165) is 4.90 Å². The van der Waals surface area contributed by atoms with Gasteiger partial charge in [-0.05, 0) is 25.0 Å². The summed E-state index contributed by atoms with van der Waals surface area (Å²) >= 11 is 11.1. The predicted octanol–water partition coefficient (Wildman–Crippen LogP) is 2.90. The number of hydrogen-bond acceptors (Lipinski definition) is 3. The normalized spacial score (nSPS) is 22.2. The molecule has 1 aliphatic heterocycles. The first-order valence-corrected chi connectivity index (χ1v) is 7.44. The van der Waals surface area contributed by atoms with E-state index in [1.807, 2.05) is 20.8 Å². The molecule has 1 aromatic carbocycles. The van der Waals surface area contributed by atoms with Crippen LogP contribution < -0.4 is 10.6 Å². The summed E-state index contributed by atoms with van der Waals surface area (Å²) < 4.78 is 0. The fraction of sp³-hybridized carbons (Fsp3) is 0.400. The van der Waals surface area contributed by atoms with Gasteiger partial charge in [-0.15, -0.1) is 0 Å². The molecular formula is C15H17ClN2O2S. The lowest BCUT2D eigenvalue weighted by Gasteiger charge is -2.26. The summed E-state index contributed by atoms with van der Waals surface area (Å²) in [6.07, 6.45) is 0.178. The lowest BCUT2D eigenvalue weighted by atomic mass is 9.78. The van der Waals surface area contributed by atoms with Gasteiger partial charge in [0.15, 0.2) is 0 Å². The molecule has 1 aromatic rings. The van der Waals surface area contributed by atoms with Crippen molar-refractivity contribution in [1.29, 1.82) is 0 Å². The van der Waals surface area contributed by atoms with E-state index in [-0.39, 0.29) is 29.1 Å². The minimum absolute atomic E-state index is 0.0523. The van der Waals surface area contributed by atoms with Gasteiger partial charge < -0.3 is 5.73 Å². The topological polar surface area (TPSA) is 63.4 Å². The summed E-state index contributed by atoms with van der Waals surface area (Å²) in [4.78, 5) is 26.4. The number of carbonyl (C=O) groups is 2. The molecule has 1 atom stereocenters. The van der Waals surface area contributed by atoms with Crippen LogP contribution in [0.15, 0.2) is 18.2 Å². The molecule has 112 valence electrons. The van der Waals surface area contributed by atoms with E-state index < -0.39 is 5.41 Å². The molecule has 1 unspecified atom stereocenters. The zero-order valence-electron chi connectivity index (χ0n) is 12.1. The Morgan fingerprint density at radius 2 is 2.05 bits per heavy atom. The Kier molecular flexibility index (Phi) is 4.08. The van der Waals surface area contributed by atoms with Gasteiger partial charge in [-0.25, -0.2) is 4.90 Å². The zero-order valence-corrected chi connectivity index (χ0v) is 13.7. The number of rotatable bonds is 3.